The van der Waals surface area contributed by atoms with Crippen LogP contribution in [-0.2, 0) is 9.47 Å². The molecule has 0 aromatic carbocycles. The maximum Gasteiger partial charge on any atom is 0.0622 e. The number of methoxy groups -OCH3 is 1. The van der Waals surface area contributed by atoms with Crippen LogP contribution in [0.15, 0.2) is 0 Å². The molecule has 2 rings (SSSR count). The first kappa shape index (κ1) is 14.3. The number of morpholine rings is 1. The van der Waals surface area contributed by atoms with Gasteiger partial charge in [-0.3, -0.25) is 4.90 Å². The molecule has 3 atom stereocenters. The highest BCUT2D eigenvalue weighted by Gasteiger charge is 2.43. The second kappa shape index (κ2) is 6.33. The molecule has 0 bridgehead atoms. The highest BCUT2D eigenvalue weighted by Crippen LogP contribution is 2.36. The minimum Gasteiger partial charge on any atom is -0.381 e. The minimum atomic E-state index is 0.142. The Bertz CT molecular complexity index is 262. The number of nitrogens with zero attached hydrogens (tertiary/aromatic N) is 1. The van der Waals surface area contributed by atoms with Gasteiger partial charge in [0.1, 0.15) is 0 Å². The predicted octanol–water partition coefficient (Wildman–Crippen LogP) is 1.38. The van der Waals surface area contributed by atoms with Gasteiger partial charge in [0.15, 0.2) is 0 Å². The summed E-state index contributed by atoms with van der Waals surface area (Å²) < 4.78 is 11.2. The zero-order chi connectivity index (χ0) is 13.0. The summed E-state index contributed by atoms with van der Waals surface area (Å²) >= 11 is 0. The van der Waals surface area contributed by atoms with Crippen molar-refractivity contribution in [3.63, 3.8) is 0 Å². The zero-order valence-corrected chi connectivity index (χ0v) is 11.9. The number of hydrogen-bond acceptors (Lipinski definition) is 4. The van der Waals surface area contributed by atoms with Gasteiger partial charge in [-0.15, -0.1) is 0 Å². The van der Waals surface area contributed by atoms with Crippen molar-refractivity contribution >= 4 is 0 Å². The molecule has 1 aliphatic heterocycles. The molecular formula is C14H28N2O2. The lowest BCUT2D eigenvalue weighted by Crippen LogP contribution is -2.63. The van der Waals surface area contributed by atoms with Crippen molar-refractivity contribution in [2.75, 3.05) is 33.4 Å². The maximum atomic E-state index is 6.16. The van der Waals surface area contributed by atoms with E-state index >= 15 is 0 Å². The zero-order valence-electron chi connectivity index (χ0n) is 11.9. The van der Waals surface area contributed by atoms with Crippen LogP contribution < -0.4 is 5.73 Å². The van der Waals surface area contributed by atoms with E-state index in [2.05, 4.69) is 11.8 Å². The van der Waals surface area contributed by atoms with Gasteiger partial charge in [0, 0.05) is 31.8 Å². The molecule has 1 saturated heterocycles. The average Bonchev–Trinajstić information content (AvgIpc) is 2.47. The van der Waals surface area contributed by atoms with Crippen molar-refractivity contribution < 1.29 is 9.47 Å². The highest BCUT2D eigenvalue weighted by atomic mass is 16.5. The van der Waals surface area contributed by atoms with Crippen molar-refractivity contribution in [2.45, 2.75) is 56.7 Å². The van der Waals surface area contributed by atoms with Gasteiger partial charge in [0.25, 0.3) is 0 Å². The highest BCUT2D eigenvalue weighted by molar-refractivity contribution is 5.00. The lowest BCUT2D eigenvalue weighted by molar-refractivity contribution is -0.0959. The molecule has 18 heavy (non-hydrogen) atoms. The Kier molecular flexibility index (Phi) is 5.01. The molecule has 2 N–H and O–H groups in total. The molecule has 0 aromatic heterocycles. The van der Waals surface area contributed by atoms with Crippen molar-refractivity contribution in [3.05, 3.63) is 0 Å². The Morgan fingerprint density at radius 1 is 1.50 bits per heavy atom. The summed E-state index contributed by atoms with van der Waals surface area (Å²) in [6.45, 7) is 5.70. The van der Waals surface area contributed by atoms with Crippen LogP contribution >= 0.6 is 0 Å². The molecule has 0 amide bonds. The Morgan fingerprint density at radius 3 is 3.00 bits per heavy atom. The monoisotopic (exact) mass is 256 g/mol. The van der Waals surface area contributed by atoms with Crippen LogP contribution in [-0.4, -0.2) is 56.0 Å². The molecule has 106 valence electrons. The number of rotatable bonds is 4. The first-order valence-corrected chi connectivity index (χ1v) is 7.33. The summed E-state index contributed by atoms with van der Waals surface area (Å²) in [7, 11) is 1.83. The molecule has 0 radical (unpaired) electrons. The predicted molar refractivity (Wildman–Crippen MR) is 72.7 cm³/mol. The van der Waals surface area contributed by atoms with E-state index in [1.165, 1.54) is 19.3 Å². The molecule has 0 spiro atoms. The molecule has 4 heteroatoms. The molecule has 1 saturated carbocycles. The Morgan fingerprint density at radius 2 is 2.33 bits per heavy atom. The summed E-state index contributed by atoms with van der Waals surface area (Å²) in [5.74, 6) is 0. The number of nitrogens with two attached hydrogens (primary N) is 1. The smallest absolute Gasteiger partial charge is 0.0622 e. The van der Waals surface area contributed by atoms with Gasteiger partial charge in [-0.25, -0.2) is 0 Å². The van der Waals surface area contributed by atoms with Gasteiger partial charge in [-0.05, 0) is 32.1 Å². The van der Waals surface area contributed by atoms with Crippen molar-refractivity contribution in [1.82, 2.24) is 4.90 Å². The van der Waals surface area contributed by atoms with E-state index < -0.39 is 0 Å². The maximum absolute atomic E-state index is 6.16. The first-order chi connectivity index (χ1) is 8.75. The van der Waals surface area contributed by atoms with E-state index in [-0.39, 0.29) is 5.54 Å². The van der Waals surface area contributed by atoms with E-state index in [0.29, 0.717) is 12.1 Å². The number of ether oxygens (including phenoxy) is 2. The standard InChI is InChI=1S/C14H28N2O2/c1-3-12-10-18-8-7-16(12)14(11-15)6-4-5-13(9-14)17-2/h12-13H,3-11,15H2,1-2H3. The van der Waals surface area contributed by atoms with Crippen molar-refractivity contribution in [1.29, 1.82) is 0 Å². The van der Waals surface area contributed by atoms with E-state index in [9.17, 15) is 0 Å². The summed E-state index contributed by atoms with van der Waals surface area (Å²) in [6, 6.07) is 0.526. The average molecular weight is 256 g/mol. The van der Waals surface area contributed by atoms with E-state index in [1.54, 1.807) is 0 Å². The van der Waals surface area contributed by atoms with Gasteiger partial charge >= 0.3 is 0 Å². The van der Waals surface area contributed by atoms with Crippen LogP contribution in [0.5, 0.6) is 0 Å². The molecule has 2 aliphatic rings. The van der Waals surface area contributed by atoms with E-state index in [1.807, 2.05) is 7.11 Å². The van der Waals surface area contributed by atoms with Crippen molar-refractivity contribution in [3.8, 4) is 0 Å². The number of hydrogen-bond donors (Lipinski definition) is 1. The molecular weight excluding hydrogens is 228 g/mol. The van der Waals surface area contributed by atoms with Gasteiger partial charge < -0.3 is 15.2 Å². The Labute approximate surface area is 111 Å². The summed E-state index contributed by atoms with van der Waals surface area (Å²) in [6.07, 6.45) is 6.21. The van der Waals surface area contributed by atoms with E-state index in [4.69, 9.17) is 15.2 Å². The third-order valence-electron chi connectivity index (χ3n) is 4.80. The van der Waals surface area contributed by atoms with Crippen LogP contribution in [0.2, 0.25) is 0 Å². The molecule has 1 aliphatic carbocycles. The minimum absolute atomic E-state index is 0.142. The normalized spacial score (nSPS) is 38.8. The van der Waals surface area contributed by atoms with Crippen LogP contribution in [0, 0.1) is 0 Å². The molecule has 1 heterocycles. The van der Waals surface area contributed by atoms with Gasteiger partial charge in [0.05, 0.1) is 19.3 Å². The van der Waals surface area contributed by atoms with Crippen LogP contribution in [0.1, 0.15) is 39.0 Å². The lowest BCUT2D eigenvalue weighted by atomic mass is 9.77. The van der Waals surface area contributed by atoms with Gasteiger partial charge in [-0.2, -0.15) is 0 Å². The first-order valence-electron chi connectivity index (χ1n) is 7.33. The third kappa shape index (κ3) is 2.72. The van der Waals surface area contributed by atoms with Crippen LogP contribution in [0.4, 0.5) is 0 Å². The summed E-state index contributed by atoms with van der Waals surface area (Å²) in [4.78, 5) is 2.63. The molecule has 2 fully saturated rings. The van der Waals surface area contributed by atoms with Gasteiger partial charge in [0.2, 0.25) is 0 Å². The molecule has 4 nitrogen and oxygen atoms in total. The Hall–Kier alpha value is -0.160. The fourth-order valence-corrected chi connectivity index (χ4v) is 3.67. The molecule has 3 unspecified atom stereocenters. The van der Waals surface area contributed by atoms with Crippen LogP contribution in [0.3, 0.4) is 0 Å². The second-order valence-electron chi connectivity index (χ2n) is 5.71. The van der Waals surface area contributed by atoms with Gasteiger partial charge in [-0.1, -0.05) is 6.92 Å². The SMILES string of the molecule is CCC1COCCN1C1(CN)CCCC(OC)C1. The quantitative estimate of drug-likeness (QED) is 0.825. The summed E-state index contributed by atoms with van der Waals surface area (Å²) in [5, 5.41) is 0. The fraction of sp³-hybridized carbons (Fsp3) is 1.00. The van der Waals surface area contributed by atoms with Crippen LogP contribution in [0.25, 0.3) is 0 Å². The molecule has 0 aromatic rings. The van der Waals surface area contributed by atoms with E-state index in [0.717, 1.165) is 39.1 Å². The second-order valence-corrected chi connectivity index (χ2v) is 5.71. The fourth-order valence-electron chi connectivity index (χ4n) is 3.67. The summed E-state index contributed by atoms with van der Waals surface area (Å²) in [5.41, 5.74) is 6.31. The largest absolute Gasteiger partial charge is 0.381 e. The topological polar surface area (TPSA) is 47.7 Å². The third-order valence-corrected chi connectivity index (χ3v) is 4.80. The Balaban J connectivity index is 2.13. The van der Waals surface area contributed by atoms with Crippen molar-refractivity contribution in [2.24, 2.45) is 5.73 Å². The lowest BCUT2D eigenvalue weighted by Gasteiger charge is -2.52.